The van der Waals surface area contributed by atoms with Crippen molar-refractivity contribution in [1.82, 2.24) is 10.2 Å². The van der Waals surface area contributed by atoms with Crippen LogP contribution in [0.3, 0.4) is 0 Å². The van der Waals surface area contributed by atoms with Crippen molar-refractivity contribution >= 4 is 0 Å². The van der Waals surface area contributed by atoms with E-state index in [4.69, 9.17) is 4.74 Å². The van der Waals surface area contributed by atoms with Gasteiger partial charge in [0.25, 0.3) is 0 Å². The van der Waals surface area contributed by atoms with Gasteiger partial charge in [0.05, 0.1) is 6.10 Å². The highest BCUT2D eigenvalue weighted by Crippen LogP contribution is 2.33. The molecule has 0 amide bonds. The van der Waals surface area contributed by atoms with Crippen LogP contribution in [0.2, 0.25) is 0 Å². The number of piperidine rings is 1. The van der Waals surface area contributed by atoms with Gasteiger partial charge in [0, 0.05) is 31.3 Å². The fraction of sp³-hybridized carbons (Fsp3) is 1.00. The molecule has 2 unspecified atom stereocenters. The second-order valence-electron chi connectivity index (χ2n) is 5.84. The molecule has 2 rings (SSSR count). The summed E-state index contributed by atoms with van der Waals surface area (Å²) in [5, 5.41) is 3.65. The SMILES string of the molecule is CCCNC1CCN(C2(C)CCOC2C)CC1. The molecular weight excluding hydrogens is 212 g/mol. The van der Waals surface area contributed by atoms with Gasteiger partial charge < -0.3 is 10.1 Å². The lowest BCUT2D eigenvalue weighted by Crippen LogP contribution is -2.55. The van der Waals surface area contributed by atoms with E-state index in [1.807, 2.05) is 0 Å². The third-order valence-electron chi connectivity index (χ3n) is 4.75. The van der Waals surface area contributed by atoms with Crippen LogP contribution in [0.4, 0.5) is 0 Å². The van der Waals surface area contributed by atoms with Crippen LogP contribution in [0.25, 0.3) is 0 Å². The van der Waals surface area contributed by atoms with Gasteiger partial charge in [-0.1, -0.05) is 6.92 Å². The first kappa shape index (κ1) is 13.3. The Labute approximate surface area is 106 Å². The predicted molar refractivity (Wildman–Crippen MR) is 71.3 cm³/mol. The topological polar surface area (TPSA) is 24.5 Å². The third kappa shape index (κ3) is 2.83. The second-order valence-corrected chi connectivity index (χ2v) is 5.84. The number of likely N-dealkylation sites (tertiary alicyclic amines) is 1. The van der Waals surface area contributed by atoms with Crippen molar-refractivity contribution in [3.8, 4) is 0 Å². The molecule has 1 N–H and O–H groups in total. The summed E-state index contributed by atoms with van der Waals surface area (Å²) in [5.41, 5.74) is 0.287. The summed E-state index contributed by atoms with van der Waals surface area (Å²) in [5.74, 6) is 0. The summed E-state index contributed by atoms with van der Waals surface area (Å²) < 4.78 is 5.76. The molecule has 3 nitrogen and oxygen atoms in total. The molecule has 2 aliphatic rings. The Morgan fingerprint density at radius 2 is 2.06 bits per heavy atom. The van der Waals surface area contributed by atoms with Gasteiger partial charge in [-0.3, -0.25) is 4.90 Å². The van der Waals surface area contributed by atoms with Crippen LogP contribution in [0.1, 0.15) is 46.5 Å². The molecule has 0 radical (unpaired) electrons. The number of nitrogens with one attached hydrogen (secondary N) is 1. The van der Waals surface area contributed by atoms with Crippen molar-refractivity contribution in [3.05, 3.63) is 0 Å². The zero-order valence-corrected chi connectivity index (χ0v) is 11.7. The van der Waals surface area contributed by atoms with Crippen molar-refractivity contribution in [2.45, 2.75) is 64.1 Å². The molecule has 0 aliphatic carbocycles. The van der Waals surface area contributed by atoms with Gasteiger partial charge >= 0.3 is 0 Å². The molecule has 0 bridgehead atoms. The van der Waals surface area contributed by atoms with Crippen LogP contribution in [0.15, 0.2) is 0 Å². The standard InChI is InChI=1S/C14H28N2O/c1-4-8-15-13-5-9-16(10-6-13)14(3)7-11-17-12(14)2/h12-13,15H,4-11H2,1-3H3. The number of hydrogen-bond donors (Lipinski definition) is 1. The third-order valence-corrected chi connectivity index (χ3v) is 4.75. The molecule has 2 aliphatic heterocycles. The highest BCUT2D eigenvalue weighted by atomic mass is 16.5. The van der Waals surface area contributed by atoms with Crippen LogP contribution in [0, 0.1) is 0 Å². The van der Waals surface area contributed by atoms with Gasteiger partial charge in [-0.15, -0.1) is 0 Å². The van der Waals surface area contributed by atoms with Crippen LogP contribution in [0.5, 0.6) is 0 Å². The van der Waals surface area contributed by atoms with Crippen molar-refractivity contribution in [2.75, 3.05) is 26.2 Å². The van der Waals surface area contributed by atoms with E-state index in [-0.39, 0.29) is 5.54 Å². The van der Waals surface area contributed by atoms with E-state index < -0.39 is 0 Å². The Morgan fingerprint density at radius 1 is 1.35 bits per heavy atom. The van der Waals surface area contributed by atoms with Crippen molar-refractivity contribution in [3.63, 3.8) is 0 Å². The van der Waals surface area contributed by atoms with Gasteiger partial charge in [-0.05, 0) is 46.1 Å². The van der Waals surface area contributed by atoms with Crippen molar-refractivity contribution in [1.29, 1.82) is 0 Å². The van der Waals surface area contributed by atoms with E-state index in [1.54, 1.807) is 0 Å². The maximum atomic E-state index is 5.76. The molecule has 0 aromatic heterocycles. The molecule has 3 heteroatoms. The van der Waals surface area contributed by atoms with Gasteiger partial charge in [0.2, 0.25) is 0 Å². The highest BCUT2D eigenvalue weighted by Gasteiger charge is 2.42. The molecule has 17 heavy (non-hydrogen) atoms. The Morgan fingerprint density at radius 3 is 2.59 bits per heavy atom. The first-order valence-corrected chi connectivity index (χ1v) is 7.27. The largest absolute Gasteiger partial charge is 0.377 e. The van der Waals surface area contributed by atoms with Crippen LogP contribution in [-0.2, 0) is 4.74 Å². The molecule has 2 atom stereocenters. The molecule has 100 valence electrons. The van der Waals surface area contributed by atoms with E-state index in [9.17, 15) is 0 Å². The minimum atomic E-state index is 0.287. The predicted octanol–water partition coefficient (Wildman–Crippen LogP) is 2.02. The fourth-order valence-corrected chi connectivity index (χ4v) is 3.18. The van der Waals surface area contributed by atoms with Crippen molar-refractivity contribution in [2.24, 2.45) is 0 Å². The fourth-order valence-electron chi connectivity index (χ4n) is 3.18. The lowest BCUT2D eigenvalue weighted by molar-refractivity contribution is 0.00579. The van der Waals surface area contributed by atoms with Gasteiger partial charge in [-0.2, -0.15) is 0 Å². The maximum absolute atomic E-state index is 5.76. The summed E-state index contributed by atoms with van der Waals surface area (Å²) in [4.78, 5) is 2.66. The average molecular weight is 240 g/mol. The number of ether oxygens (including phenoxy) is 1. The first-order valence-electron chi connectivity index (χ1n) is 7.27. The zero-order chi connectivity index (χ0) is 12.3. The Hall–Kier alpha value is -0.120. The molecule has 0 spiro atoms. The molecule has 0 aromatic rings. The summed E-state index contributed by atoms with van der Waals surface area (Å²) in [7, 11) is 0. The van der Waals surface area contributed by atoms with Crippen LogP contribution < -0.4 is 5.32 Å². The Kier molecular flexibility index (Phi) is 4.45. The minimum absolute atomic E-state index is 0.287. The number of nitrogens with zero attached hydrogens (tertiary/aromatic N) is 1. The molecule has 2 fully saturated rings. The molecule has 2 saturated heterocycles. The number of rotatable bonds is 4. The lowest BCUT2D eigenvalue weighted by atomic mass is 9.89. The summed E-state index contributed by atoms with van der Waals surface area (Å²) >= 11 is 0. The molecule has 2 heterocycles. The normalized spacial score (nSPS) is 36.5. The zero-order valence-electron chi connectivity index (χ0n) is 11.7. The molecular formula is C14H28N2O. The minimum Gasteiger partial charge on any atom is -0.377 e. The second kappa shape index (κ2) is 5.68. The molecule has 0 aromatic carbocycles. The van der Waals surface area contributed by atoms with Crippen molar-refractivity contribution < 1.29 is 4.74 Å². The van der Waals surface area contributed by atoms with Crippen LogP contribution in [-0.4, -0.2) is 48.8 Å². The van der Waals surface area contributed by atoms with Gasteiger partial charge in [0.15, 0.2) is 0 Å². The Bertz CT molecular complexity index is 238. The van der Waals surface area contributed by atoms with E-state index >= 15 is 0 Å². The van der Waals surface area contributed by atoms with E-state index in [1.165, 1.54) is 45.3 Å². The number of hydrogen-bond acceptors (Lipinski definition) is 3. The Balaban J connectivity index is 1.82. The summed E-state index contributed by atoms with van der Waals surface area (Å²) in [6.45, 7) is 11.4. The van der Waals surface area contributed by atoms with Gasteiger partial charge in [0.1, 0.15) is 0 Å². The highest BCUT2D eigenvalue weighted by molar-refractivity contribution is 4.97. The molecule has 0 saturated carbocycles. The smallest absolute Gasteiger partial charge is 0.0728 e. The summed E-state index contributed by atoms with van der Waals surface area (Å²) in [6, 6.07) is 0.743. The van der Waals surface area contributed by atoms with E-state index in [0.717, 1.165) is 12.6 Å². The first-order chi connectivity index (χ1) is 8.16. The lowest BCUT2D eigenvalue weighted by Gasteiger charge is -2.44. The van der Waals surface area contributed by atoms with E-state index in [2.05, 4.69) is 31.0 Å². The maximum Gasteiger partial charge on any atom is 0.0728 e. The monoisotopic (exact) mass is 240 g/mol. The van der Waals surface area contributed by atoms with E-state index in [0.29, 0.717) is 6.10 Å². The quantitative estimate of drug-likeness (QED) is 0.813. The van der Waals surface area contributed by atoms with Gasteiger partial charge in [-0.25, -0.2) is 0 Å². The average Bonchev–Trinajstić information content (AvgIpc) is 2.69. The summed E-state index contributed by atoms with van der Waals surface area (Å²) in [6.07, 6.45) is 5.41. The van der Waals surface area contributed by atoms with Crippen LogP contribution >= 0.6 is 0 Å².